The van der Waals surface area contributed by atoms with Crippen molar-refractivity contribution in [1.82, 2.24) is 9.80 Å². The Kier molecular flexibility index (Phi) is 11.8. The van der Waals surface area contributed by atoms with Crippen molar-refractivity contribution < 1.29 is 44.2 Å². The van der Waals surface area contributed by atoms with Crippen LogP contribution in [-0.2, 0) is 19.0 Å². The van der Waals surface area contributed by atoms with Crippen LogP contribution in [0.1, 0.15) is 80.1 Å². The molecule has 0 radical (unpaired) electrons. The van der Waals surface area contributed by atoms with Crippen LogP contribution in [0.3, 0.4) is 0 Å². The number of cyclic esters (lactones) is 1. The summed E-state index contributed by atoms with van der Waals surface area (Å²) in [5, 5.41) is 43.2. The van der Waals surface area contributed by atoms with Crippen LogP contribution in [0, 0.1) is 11.8 Å². The van der Waals surface area contributed by atoms with Crippen molar-refractivity contribution in [2.24, 2.45) is 11.8 Å². The van der Waals surface area contributed by atoms with Gasteiger partial charge in [0.2, 0.25) is 0 Å². The van der Waals surface area contributed by atoms with Crippen LogP contribution in [0.2, 0.25) is 0 Å². The minimum absolute atomic E-state index is 0.00933. The van der Waals surface area contributed by atoms with Crippen molar-refractivity contribution in [1.29, 1.82) is 0 Å². The fourth-order valence-electron chi connectivity index (χ4n) is 7.07. The number of nitrogens with zero attached hydrogens (tertiary/aromatic N) is 2. The molecular weight excluding hydrogens is 592 g/mol. The third-order valence-electron chi connectivity index (χ3n) is 10.3. The number of carbonyl (C=O) groups excluding carboxylic acids is 2. The van der Waals surface area contributed by atoms with Gasteiger partial charge in [-0.15, -0.1) is 0 Å². The predicted octanol–water partition coefficient (Wildman–Crippen LogP) is 3.10. The van der Waals surface area contributed by atoms with E-state index in [1.807, 2.05) is 27.7 Å². The van der Waals surface area contributed by atoms with Crippen molar-refractivity contribution in [2.45, 2.75) is 140 Å². The van der Waals surface area contributed by atoms with Gasteiger partial charge in [-0.1, -0.05) is 45.1 Å². The van der Waals surface area contributed by atoms with Crippen LogP contribution in [-0.4, -0.2) is 122 Å². The van der Waals surface area contributed by atoms with Gasteiger partial charge in [-0.2, -0.15) is 0 Å². The fourth-order valence-corrected chi connectivity index (χ4v) is 7.07. The van der Waals surface area contributed by atoms with E-state index in [0.717, 1.165) is 13.0 Å². The van der Waals surface area contributed by atoms with E-state index in [1.54, 1.807) is 49.1 Å². The van der Waals surface area contributed by atoms with Gasteiger partial charge in [0.25, 0.3) is 0 Å². The Labute approximate surface area is 273 Å². The molecule has 0 aromatic carbocycles. The monoisotopic (exact) mass is 648 g/mol. The molecule has 0 spiro atoms. The van der Waals surface area contributed by atoms with Crippen molar-refractivity contribution in [2.75, 3.05) is 20.1 Å². The molecule has 4 aliphatic heterocycles. The molecule has 11 heteroatoms. The third kappa shape index (κ3) is 9.20. The maximum Gasteiger partial charge on any atom is 0.410 e. The molecule has 260 valence electrons. The molecule has 0 aromatic rings. The van der Waals surface area contributed by atoms with E-state index in [4.69, 9.17) is 14.2 Å². The Morgan fingerprint density at radius 2 is 2.00 bits per heavy atom. The SMILES string of the molecule is CCC(O)C(C)C1OC1CC(C)(O)C=CC=C(C)C1OC(=O)CC(O)CCC(C)(O)C(OC(=O)N2C[C@H]3C[C@@H]2CN3C)C=CC1C. The zero-order valence-corrected chi connectivity index (χ0v) is 28.5. The quantitative estimate of drug-likeness (QED) is 0.127. The van der Waals surface area contributed by atoms with Crippen LogP contribution in [0.5, 0.6) is 0 Å². The first kappa shape index (κ1) is 36.6. The smallest absolute Gasteiger partial charge is 0.410 e. The summed E-state index contributed by atoms with van der Waals surface area (Å²) in [5.41, 5.74) is -1.92. The van der Waals surface area contributed by atoms with Gasteiger partial charge < -0.3 is 39.5 Å². The predicted molar refractivity (Wildman–Crippen MR) is 173 cm³/mol. The van der Waals surface area contributed by atoms with E-state index in [-0.39, 0.29) is 49.3 Å². The molecule has 0 saturated carbocycles. The Morgan fingerprint density at radius 3 is 2.63 bits per heavy atom. The molecule has 3 fully saturated rings. The number of likely N-dealkylation sites (tertiary alicyclic amines) is 2. The van der Waals surface area contributed by atoms with E-state index in [2.05, 4.69) is 11.9 Å². The fraction of sp³-hybridized carbons (Fsp3) is 0.771. The number of ether oxygens (including phenoxy) is 3. The van der Waals surface area contributed by atoms with Gasteiger partial charge in [0.1, 0.15) is 11.7 Å². The number of esters is 1. The van der Waals surface area contributed by atoms with Crippen molar-refractivity contribution in [3.05, 3.63) is 36.0 Å². The summed E-state index contributed by atoms with van der Waals surface area (Å²) in [5.74, 6) is -0.935. The second-order valence-corrected chi connectivity index (χ2v) is 14.7. The van der Waals surface area contributed by atoms with Gasteiger partial charge in [-0.3, -0.25) is 9.69 Å². The minimum atomic E-state index is -1.48. The summed E-state index contributed by atoms with van der Waals surface area (Å²) in [7, 11) is 2.05. The number of rotatable bonds is 9. The number of allylic oxidation sites excluding steroid dienone is 2. The van der Waals surface area contributed by atoms with E-state index < -0.39 is 47.7 Å². The first-order valence-corrected chi connectivity index (χ1v) is 16.9. The Hall–Kier alpha value is -2.28. The summed E-state index contributed by atoms with van der Waals surface area (Å²) < 4.78 is 17.5. The Bertz CT molecular complexity index is 1160. The lowest BCUT2D eigenvalue weighted by Crippen LogP contribution is -2.50. The highest BCUT2D eigenvalue weighted by molar-refractivity contribution is 5.70. The van der Waals surface area contributed by atoms with Crippen molar-refractivity contribution in [3.63, 3.8) is 0 Å². The number of epoxide rings is 1. The van der Waals surface area contributed by atoms with Crippen LogP contribution >= 0.6 is 0 Å². The van der Waals surface area contributed by atoms with E-state index in [0.29, 0.717) is 31.0 Å². The molecule has 12 atom stereocenters. The lowest BCUT2D eigenvalue weighted by Gasteiger charge is -2.36. The normalized spacial score (nSPS) is 38.5. The first-order valence-electron chi connectivity index (χ1n) is 16.9. The maximum absolute atomic E-state index is 13.3. The Balaban J connectivity index is 1.46. The number of hydrogen-bond acceptors (Lipinski definition) is 10. The van der Waals surface area contributed by atoms with Crippen molar-refractivity contribution in [3.8, 4) is 0 Å². The van der Waals surface area contributed by atoms with Gasteiger partial charge in [-0.25, -0.2) is 4.79 Å². The van der Waals surface area contributed by atoms with Gasteiger partial charge in [0.05, 0.1) is 36.4 Å². The largest absolute Gasteiger partial charge is 0.457 e. The molecule has 0 aromatic heterocycles. The lowest BCUT2D eigenvalue weighted by molar-refractivity contribution is -0.151. The molecule has 46 heavy (non-hydrogen) atoms. The van der Waals surface area contributed by atoms with Crippen LogP contribution in [0.4, 0.5) is 4.79 Å². The number of hydrogen-bond donors (Lipinski definition) is 4. The average molecular weight is 649 g/mol. The summed E-state index contributed by atoms with van der Waals surface area (Å²) in [6.07, 6.45) is 6.74. The molecular formula is C35H56N2O9. The zero-order chi connectivity index (χ0) is 34.0. The second kappa shape index (κ2) is 14.9. The molecule has 1 amide bonds. The minimum Gasteiger partial charge on any atom is -0.457 e. The number of piperazine rings is 1. The van der Waals surface area contributed by atoms with Crippen molar-refractivity contribution >= 4 is 12.1 Å². The summed E-state index contributed by atoms with van der Waals surface area (Å²) in [6, 6.07) is 0.398. The number of likely N-dealkylation sites (N-methyl/N-ethyl adjacent to an activating group) is 1. The molecule has 3 saturated heterocycles. The number of carbonyl (C=O) groups is 2. The summed E-state index contributed by atoms with van der Waals surface area (Å²) in [6.45, 7) is 12.2. The number of amides is 1. The molecule has 4 rings (SSSR count). The van der Waals surface area contributed by atoms with E-state index in [1.165, 1.54) is 0 Å². The number of aliphatic hydroxyl groups is 4. The molecule has 10 unspecified atom stereocenters. The van der Waals surface area contributed by atoms with Gasteiger partial charge in [-0.05, 0) is 65.2 Å². The first-order chi connectivity index (χ1) is 21.5. The summed E-state index contributed by atoms with van der Waals surface area (Å²) in [4.78, 5) is 30.1. The molecule has 4 N–H and O–H groups in total. The average Bonchev–Trinajstić information content (AvgIpc) is 3.44. The Morgan fingerprint density at radius 1 is 1.28 bits per heavy atom. The second-order valence-electron chi connectivity index (χ2n) is 14.7. The number of aliphatic hydroxyl groups excluding tert-OH is 2. The molecule has 11 nitrogen and oxygen atoms in total. The number of fused-ring (bicyclic) bond motifs is 2. The maximum atomic E-state index is 13.3. The molecule has 2 bridgehead atoms. The molecule has 4 aliphatic rings. The summed E-state index contributed by atoms with van der Waals surface area (Å²) >= 11 is 0. The molecule has 4 heterocycles. The van der Waals surface area contributed by atoms with E-state index >= 15 is 0 Å². The topological polar surface area (TPSA) is 153 Å². The van der Waals surface area contributed by atoms with E-state index in [9.17, 15) is 30.0 Å². The van der Waals surface area contributed by atoms with Gasteiger partial charge in [0.15, 0.2) is 6.10 Å². The highest BCUT2D eigenvalue weighted by atomic mass is 16.6. The molecule has 0 aliphatic carbocycles. The van der Waals surface area contributed by atoms with Gasteiger partial charge >= 0.3 is 12.1 Å². The highest BCUT2D eigenvalue weighted by Crippen LogP contribution is 2.38. The van der Waals surface area contributed by atoms with Crippen LogP contribution < -0.4 is 0 Å². The lowest BCUT2D eigenvalue weighted by atomic mass is 9.88. The van der Waals surface area contributed by atoms with Crippen LogP contribution in [0.15, 0.2) is 36.0 Å². The highest BCUT2D eigenvalue weighted by Gasteiger charge is 2.48. The third-order valence-corrected chi connectivity index (χ3v) is 10.3. The zero-order valence-electron chi connectivity index (χ0n) is 28.5. The standard InChI is InChI=1S/C35H56N2O9/c1-8-27(39)23(4)32-28(44-32)18-34(5,42)14-9-10-21(2)31-22(3)11-12-29(35(6,43)15-13-26(38)17-30(40)46-31)45-33(41)37-20-24-16-25(37)19-36(24)7/h9-12,14,22-29,31-32,38-39,42-43H,8,13,15-20H2,1-7H3/t22?,23?,24-,25-,26?,27?,28?,29?,31?,32?,34?,35?/m1/s1. The van der Waals surface area contributed by atoms with Gasteiger partial charge in [0, 0.05) is 43.4 Å². The van der Waals surface area contributed by atoms with Crippen LogP contribution in [0.25, 0.3) is 0 Å².